The van der Waals surface area contributed by atoms with Gasteiger partial charge in [-0.15, -0.1) is 0 Å². The Bertz CT molecular complexity index is 1800. The number of hydrogen-bond acceptors (Lipinski definition) is 6. The highest BCUT2D eigenvalue weighted by molar-refractivity contribution is 5.89. The molecule has 3 amide bonds. The van der Waals surface area contributed by atoms with Crippen LogP contribution in [0.15, 0.2) is 128 Å². The molecule has 0 radical (unpaired) electrons. The highest BCUT2D eigenvalue weighted by atomic mass is 16.5. The number of carbonyl (C=O) groups excluding carboxylic acids is 3. The van der Waals surface area contributed by atoms with E-state index < -0.39 is 12.0 Å². The number of aromatic nitrogens is 2. The number of carbonyl (C=O) groups is 3. The molecule has 0 aliphatic heterocycles. The zero-order valence-electron chi connectivity index (χ0n) is 29.1. The fourth-order valence-corrected chi connectivity index (χ4v) is 5.53. The summed E-state index contributed by atoms with van der Waals surface area (Å²) in [5.74, 6) is -0.710. The van der Waals surface area contributed by atoms with E-state index in [-0.39, 0.29) is 43.5 Å². The van der Waals surface area contributed by atoms with Crippen LogP contribution in [-0.4, -0.2) is 59.0 Å². The van der Waals surface area contributed by atoms with Crippen LogP contribution in [-0.2, 0) is 39.4 Å². The lowest BCUT2D eigenvalue weighted by Crippen LogP contribution is -2.47. The van der Waals surface area contributed by atoms with Gasteiger partial charge in [-0.05, 0) is 40.8 Å². The number of nitrogens with one attached hydrogen (secondary N) is 3. The van der Waals surface area contributed by atoms with E-state index in [1.165, 1.54) is 11.2 Å². The summed E-state index contributed by atoms with van der Waals surface area (Å²) >= 11 is 0. The third-order valence-corrected chi connectivity index (χ3v) is 8.63. The first-order chi connectivity index (χ1) is 24.8. The second-order valence-corrected chi connectivity index (χ2v) is 13.0. The number of H-pyrrole nitrogens is 1. The van der Waals surface area contributed by atoms with Crippen LogP contribution < -0.4 is 15.4 Å². The zero-order chi connectivity index (χ0) is 35.9. The van der Waals surface area contributed by atoms with Gasteiger partial charge in [0.2, 0.25) is 11.8 Å². The van der Waals surface area contributed by atoms with Crippen LogP contribution in [0.25, 0.3) is 0 Å². The van der Waals surface area contributed by atoms with Crippen molar-refractivity contribution in [3.8, 4) is 5.75 Å². The van der Waals surface area contributed by atoms with Crippen molar-refractivity contribution in [2.24, 2.45) is 0 Å². The van der Waals surface area contributed by atoms with Crippen LogP contribution in [0.4, 0.5) is 4.79 Å². The Morgan fingerprint density at radius 2 is 1.41 bits per heavy atom. The second kappa shape index (κ2) is 18.2. The van der Waals surface area contributed by atoms with Crippen molar-refractivity contribution in [3.05, 3.63) is 156 Å². The number of nitrogens with zero attached hydrogens (tertiary/aromatic N) is 2. The molecule has 5 rings (SSSR count). The summed E-state index contributed by atoms with van der Waals surface area (Å²) in [5, 5.41) is 5.76. The van der Waals surface area contributed by atoms with Gasteiger partial charge in [0.05, 0.1) is 18.8 Å². The topological polar surface area (TPSA) is 126 Å². The van der Waals surface area contributed by atoms with Gasteiger partial charge in [-0.25, -0.2) is 9.78 Å². The minimum absolute atomic E-state index is 0.0543. The molecule has 4 aromatic carbocycles. The van der Waals surface area contributed by atoms with E-state index in [1.807, 2.05) is 115 Å². The van der Waals surface area contributed by atoms with Crippen molar-refractivity contribution in [2.75, 3.05) is 26.2 Å². The molecule has 0 spiro atoms. The number of hydrogen-bond donors (Lipinski definition) is 3. The Morgan fingerprint density at radius 1 is 0.784 bits per heavy atom. The molecule has 0 aliphatic carbocycles. The molecule has 264 valence electrons. The van der Waals surface area contributed by atoms with E-state index in [1.54, 1.807) is 6.20 Å². The van der Waals surface area contributed by atoms with E-state index in [9.17, 15) is 14.4 Å². The molecule has 51 heavy (non-hydrogen) atoms. The largest absolute Gasteiger partial charge is 0.489 e. The molecule has 0 bridgehead atoms. The lowest BCUT2D eigenvalue weighted by molar-refractivity contribution is -0.137. The summed E-state index contributed by atoms with van der Waals surface area (Å²) in [4.78, 5) is 49.0. The Morgan fingerprint density at radius 3 is 2.04 bits per heavy atom. The lowest BCUT2D eigenvalue weighted by atomic mass is 9.84. The third kappa shape index (κ3) is 11.3. The van der Waals surface area contributed by atoms with E-state index in [0.29, 0.717) is 25.3 Å². The number of ether oxygens (including phenoxy) is 2. The third-order valence-electron chi connectivity index (χ3n) is 8.63. The highest BCUT2D eigenvalue weighted by Crippen LogP contribution is 2.22. The smallest absolute Gasteiger partial charge is 0.407 e. The number of imidazole rings is 1. The first-order valence-electron chi connectivity index (χ1n) is 17.1. The normalized spacial score (nSPS) is 11.6. The molecule has 0 aliphatic rings. The molecular weight excluding hydrogens is 642 g/mol. The summed E-state index contributed by atoms with van der Waals surface area (Å²) in [6.45, 7) is 5.12. The van der Waals surface area contributed by atoms with E-state index in [4.69, 9.17) is 9.47 Å². The van der Waals surface area contributed by atoms with Gasteiger partial charge in [-0.1, -0.05) is 117 Å². The maximum Gasteiger partial charge on any atom is 0.407 e. The van der Waals surface area contributed by atoms with Crippen LogP contribution in [0.2, 0.25) is 0 Å². The molecule has 0 unspecified atom stereocenters. The summed E-state index contributed by atoms with van der Waals surface area (Å²) in [7, 11) is 0. The van der Waals surface area contributed by atoms with Crippen molar-refractivity contribution in [1.82, 2.24) is 25.5 Å². The van der Waals surface area contributed by atoms with E-state index in [2.05, 4.69) is 34.4 Å². The van der Waals surface area contributed by atoms with Gasteiger partial charge >= 0.3 is 6.09 Å². The number of amides is 3. The number of benzene rings is 4. The van der Waals surface area contributed by atoms with E-state index in [0.717, 1.165) is 28.0 Å². The first-order valence-corrected chi connectivity index (χ1v) is 17.1. The molecule has 10 nitrogen and oxygen atoms in total. The quantitative estimate of drug-likeness (QED) is 0.108. The molecule has 3 N–H and O–H groups in total. The van der Waals surface area contributed by atoms with Gasteiger partial charge in [0, 0.05) is 36.9 Å². The molecule has 0 fully saturated rings. The Hall–Kier alpha value is -5.90. The van der Waals surface area contributed by atoms with Crippen molar-refractivity contribution in [1.29, 1.82) is 0 Å². The van der Waals surface area contributed by atoms with Gasteiger partial charge in [-0.3, -0.25) is 9.59 Å². The van der Waals surface area contributed by atoms with Gasteiger partial charge in [-0.2, -0.15) is 0 Å². The SMILES string of the molecule is CC(C)(CNC(=O)CN(CCc1ccc(OCc2ccccc2)cc1)C(=O)[C@@H](CNC(=O)OCc1ccccc1)c1cnc[nH]1)c1ccccc1. The molecule has 1 heterocycles. The number of aromatic amines is 1. The number of alkyl carbamates (subject to hydrolysis) is 1. The Kier molecular flexibility index (Phi) is 13.0. The van der Waals surface area contributed by atoms with Crippen LogP contribution in [0, 0.1) is 0 Å². The fraction of sp³-hybridized carbons (Fsp3) is 0.268. The van der Waals surface area contributed by atoms with Gasteiger partial charge in [0.15, 0.2) is 0 Å². The van der Waals surface area contributed by atoms with Gasteiger partial charge in [0.1, 0.15) is 19.0 Å². The highest BCUT2D eigenvalue weighted by Gasteiger charge is 2.30. The predicted octanol–water partition coefficient (Wildman–Crippen LogP) is 6.16. The van der Waals surface area contributed by atoms with Crippen molar-refractivity contribution in [3.63, 3.8) is 0 Å². The maximum absolute atomic E-state index is 14.3. The summed E-state index contributed by atoms with van der Waals surface area (Å²) in [6, 6.07) is 37.0. The van der Waals surface area contributed by atoms with Crippen LogP contribution >= 0.6 is 0 Å². The maximum atomic E-state index is 14.3. The molecule has 0 saturated heterocycles. The summed E-state index contributed by atoms with van der Waals surface area (Å²) in [5.41, 5.74) is 4.19. The average Bonchev–Trinajstić information content (AvgIpc) is 3.70. The minimum Gasteiger partial charge on any atom is -0.489 e. The summed E-state index contributed by atoms with van der Waals surface area (Å²) < 4.78 is 11.3. The molecule has 1 aromatic heterocycles. The lowest BCUT2D eigenvalue weighted by Gasteiger charge is -2.29. The predicted molar refractivity (Wildman–Crippen MR) is 196 cm³/mol. The average molecular weight is 688 g/mol. The molecule has 5 aromatic rings. The van der Waals surface area contributed by atoms with Crippen LogP contribution in [0.3, 0.4) is 0 Å². The van der Waals surface area contributed by atoms with Crippen LogP contribution in [0.1, 0.15) is 47.7 Å². The fourth-order valence-electron chi connectivity index (χ4n) is 5.53. The standard InChI is InChI=1S/C41H45N5O5/c1-41(2,34-16-10-5-11-17-34)29-44-38(47)26-46(23-22-31-18-20-35(21-19-31)50-27-32-12-6-3-7-13-32)39(48)36(37-25-42-30-45-37)24-43-40(49)51-28-33-14-8-4-9-15-33/h3-21,25,30,36H,22-24,26-29H2,1-2H3,(H,42,45)(H,43,49)(H,44,47)/t36-/m0/s1. The zero-order valence-corrected chi connectivity index (χ0v) is 29.1. The molecule has 0 saturated carbocycles. The molecule has 1 atom stereocenters. The first kappa shape index (κ1) is 36.4. The Balaban J connectivity index is 1.26. The minimum atomic E-state index is -0.834. The number of rotatable bonds is 17. The van der Waals surface area contributed by atoms with E-state index >= 15 is 0 Å². The van der Waals surface area contributed by atoms with Crippen molar-refractivity contribution < 1.29 is 23.9 Å². The van der Waals surface area contributed by atoms with Gasteiger partial charge in [0.25, 0.3) is 0 Å². The second-order valence-electron chi connectivity index (χ2n) is 13.0. The Labute approximate surface area is 299 Å². The molecule has 10 heteroatoms. The van der Waals surface area contributed by atoms with Crippen molar-refractivity contribution in [2.45, 2.75) is 44.8 Å². The van der Waals surface area contributed by atoms with Gasteiger partial charge < -0.3 is 30.0 Å². The molecular formula is C41H45N5O5. The van der Waals surface area contributed by atoms with Crippen molar-refractivity contribution >= 4 is 17.9 Å². The van der Waals surface area contributed by atoms with Crippen LogP contribution in [0.5, 0.6) is 5.75 Å². The summed E-state index contributed by atoms with van der Waals surface area (Å²) in [6.07, 6.45) is 2.87. The monoisotopic (exact) mass is 687 g/mol.